The monoisotopic (exact) mass is 259 g/mol. The van der Waals surface area contributed by atoms with Gasteiger partial charge in [-0.15, -0.1) is 0 Å². The molecule has 0 radical (unpaired) electrons. The van der Waals surface area contributed by atoms with Crippen LogP contribution >= 0.6 is 0 Å². The predicted octanol–water partition coefficient (Wildman–Crippen LogP) is 2.98. The van der Waals surface area contributed by atoms with E-state index < -0.39 is 0 Å². The number of aryl methyl sites for hydroxylation is 1. The molecule has 2 rings (SSSR count). The first kappa shape index (κ1) is 13.7. The molecule has 0 fully saturated rings. The number of nitrogens with zero attached hydrogens (tertiary/aromatic N) is 2. The van der Waals surface area contributed by atoms with Gasteiger partial charge in [-0.2, -0.15) is 4.98 Å². The van der Waals surface area contributed by atoms with Crippen molar-refractivity contribution >= 4 is 0 Å². The normalized spacial score (nSPS) is 11.8. The number of aromatic nitrogens is 2. The summed E-state index contributed by atoms with van der Waals surface area (Å²) in [6.07, 6.45) is 0.746. The van der Waals surface area contributed by atoms with Crippen molar-refractivity contribution < 1.29 is 4.52 Å². The second kappa shape index (κ2) is 5.53. The fraction of sp³-hybridized carbons (Fsp3) is 0.467. The van der Waals surface area contributed by atoms with Crippen LogP contribution in [0.3, 0.4) is 0 Å². The van der Waals surface area contributed by atoms with Gasteiger partial charge in [0.1, 0.15) is 0 Å². The van der Waals surface area contributed by atoms with Crippen molar-refractivity contribution in [3.05, 3.63) is 35.7 Å². The van der Waals surface area contributed by atoms with E-state index in [0.29, 0.717) is 11.7 Å². The van der Waals surface area contributed by atoms with Crippen molar-refractivity contribution in [2.45, 2.75) is 39.7 Å². The molecule has 2 aromatic rings. The fourth-order valence-electron chi connectivity index (χ4n) is 1.80. The van der Waals surface area contributed by atoms with Crippen LogP contribution in [-0.2, 0) is 6.42 Å². The Morgan fingerprint density at radius 2 is 2.05 bits per heavy atom. The minimum Gasteiger partial charge on any atom is -0.339 e. The maximum atomic E-state index is 5.27. The van der Waals surface area contributed by atoms with E-state index in [1.807, 2.05) is 12.1 Å². The third-order valence-electron chi connectivity index (χ3n) is 2.74. The SMILES string of the molecule is Cc1cccc(-c2noc(CCNC(C)(C)C)n2)c1. The molecule has 0 aliphatic heterocycles. The van der Waals surface area contributed by atoms with E-state index in [1.54, 1.807) is 0 Å². The van der Waals surface area contributed by atoms with Gasteiger partial charge in [0.05, 0.1) is 0 Å². The smallest absolute Gasteiger partial charge is 0.228 e. The van der Waals surface area contributed by atoms with Crippen LogP contribution in [0.1, 0.15) is 32.2 Å². The molecule has 0 bridgehead atoms. The van der Waals surface area contributed by atoms with Crippen molar-refractivity contribution in [1.29, 1.82) is 0 Å². The van der Waals surface area contributed by atoms with Crippen LogP contribution in [0.25, 0.3) is 11.4 Å². The summed E-state index contributed by atoms with van der Waals surface area (Å²) < 4.78 is 5.27. The molecule has 0 saturated heterocycles. The summed E-state index contributed by atoms with van der Waals surface area (Å²) in [4.78, 5) is 4.42. The molecule has 4 heteroatoms. The quantitative estimate of drug-likeness (QED) is 0.917. The van der Waals surface area contributed by atoms with E-state index in [-0.39, 0.29) is 5.54 Å². The van der Waals surface area contributed by atoms with Crippen LogP contribution < -0.4 is 5.32 Å². The average molecular weight is 259 g/mol. The molecule has 1 aromatic carbocycles. The van der Waals surface area contributed by atoms with Crippen LogP contribution in [0.4, 0.5) is 0 Å². The molecule has 0 spiro atoms. The highest BCUT2D eigenvalue weighted by atomic mass is 16.5. The molecule has 1 aromatic heterocycles. The minimum absolute atomic E-state index is 0.111. The lowest BCUT2D eigenvalue weighted by Crippen LogP contribution is -2.37. The highest BCUT2D eigenvalue weighted by Gasteiger charge is 2.11. The van der Waals surface area contributed by atoms with E-state index in [4.69, 9.17) is 4.52 Å². The molecular weight excluding hydrogens is 238 g/mol. The predicted molar refractivity (Wildman–Crippen MR) is 75.9 cm³/mol. The first-order valence-corrected chi connectivity index (χ1v) is 6.59. The van der Waals surface area contributed by atoms with Gasteiger partial charge >= 0.3 is 0 Å². The third kappa shape index (κ3) is 4.17. The van der Waals surface area contributed by atoms with Crippen LogP contribution in [0.15, 0.2) is 28.8 Å². The Morgan fingerprint density at radius 1 is 1.26 bits per heavy atom. The van der Waals surface area contributed by atoms with Crippen molar-refractivity contribution in [2.24, 2.45) is 0 Å². The summed E-state index contributed by atoms with van der Waals surface area (Å²) in [5, 5.41) is 7.43. The average Bonchev–Trinajstić information content (AvgIpc) is 2.76. The van der Waals surface area contributed by atoms with Crippen LogP contribution in [-0.4, -0.2) is 22.2 Å². The second-order valence-electron chi connectivity index (χ2n) is 5.81. The molecular formula is C15H21N3O. The highest BCUT2D eigenvalue weighted by molar-refractivity contribution is 5.55. The molecule has 0 amide bonds. The zero-order chi connectivity index (χ0) is 13.9. The standard InChI is InChI=1S/C15H21N3O/c1-11-6-5-7-12(10-11)14-17-13(19-18-14)8-9-16-15(2,3)4/h5-7,10,16H,8-9H2,1-4H3. The Labute approximate surface area is 114 Å². The second-order valence-corrected chi connectivity index (χ2v) is 5.81. The first-order chi connectivity index (χ1) is 8.94. The summed E-state index contributed by atoms with van der Waals surface area (Å²) in [6, 6.07) is 8.11. The first-order valence-electron chi connectivity index (χ1n) is 6.59. The fourth-order valence-corrected chi connectivity index (χ4v) is 1.80. The van der Waals surface area contributed by atoms with Crippen LogP contribution in [0, 0.1) is 6.92 Å². The zero-order valence-electron chi connectivity index (χ0n) is 12.0. The number of hydrogen-bond acceptors (Lipinski definition) is 4. The molecule has 0 unspecified atom stereocenters. The van der Waals surface area contributed by atoms with Gasteiger partial charge in [0.2, 0.25) is 11.7 Å². The maximum Gasteiger partial charge on any atom is 0.228 e. The highest BCUT2D eigenvalue weighted by Crippen LogP contribution is 2.17. The van der Waals surface area contributed by atoms with Gasteiger partial charge in [-0.25, -0.2) is 0 Å². The molecule has 0 aliphatic carbocycles. The molecule has 4 nitrogen and oxygen atoms in total. The van der Waals surface area contributed by atoms with Crippen LogP contribution in [0.5, 0.6) is 0 Å². The molecule has 19 heavy (non-hydrogen) atoms. The van der Waals surface area contributed by atoms with Gasteiger partial charge in [-0.3, -0.25) is 0 Å². The maximum absolute atomic E-state index is 5.27. The number of benzene rings is 1. The summed E-state index contributed by atoms with van der Waals surface area (Å²) in [7, 11) is 0. The summed E-state index contributed by atoms with van der Waals surface area (Å²) in [6.45, 7) is 9.30. The van der Waals surface area contributed by atoms with E-state index in [9.17, 15) is 0 Å². The molecule has 102 valence electrons. The number of hydrogen-bond donors (Lipinski definition) is 1. The van der Waals surface area contributed by atoms with Gasteiger partial charge in [-0.05, 0) is 33.8 Å². The van der Waals surface area contributed by atoms with Crippen molar-refractivity contribution in [2.75, 3.05) is 6.54 Å². The van der Waals surface area contributed by atoms with E-state index in [0.717, 1.165) is 18.5 Å². The Bertz CT molecular complexity index is 540. The summed E-state index contributed by atoms with van der Waals surface area (Å²) in [5.41, 5.74) is 2.30. The van der Waals surface area contributed by atoms with Crippen LogP contribution in [0.2, 0.25) is 0 Å². The van der Waals surface area contributed by atoms with E-state index in [1.165, 1.54) is 5.56 Å². The topological polar surface area (TPSA) is 51.0 Å². The number of rotatable bonds is 4. The Hall–Kier alpha value is -1.68. The van der Waals surface area contributed by atoms with Gasteiger partial charge in [0, 0.05) is 24.1 Å². The van der Waals surface area contributed by atoms with Gasteiger partial charge in [0.15, 0.2) is 0 Å². The molecule has 1 heterocycles. The minimum atomic E-state index is 0.111. The lowest BCUT2D eigenvalue weighted by molar-refractivity contribution is 0.362. The van der Waals surface area contributed by atoms with Gasteiger partial charge in [0.25, 0.3) is 0 Å². The Kier molecular flexibility index (Phi) is 4.00. The summed E-state index contributed by atoms with van der Waals surface area (Å²) >= 11 is 0. The van der Waals surface area contributed by atoms with Gasteiger partial charge in [-0.1, -0.05) is 28.9 Å². The lowest BCUT2D eigenvalue weighted by atomic mass is 10.1. The Balaban J connectivity index is 1.99. The third-order valence-corrected chi connectivity index (χ3v) is 2.74. The lowest BCUT2D eigenvalue weighted by Gasteiger charge is -2.19. The van der Waals surface area contributed by atoms with E-state index in [2.05, 4.69) is 55.3 Å². The van der Waals surface area contributed by atoms with E-state index >= 15 is 0 Å². The molecule has 0 saturated carbocycles. The van der Waals surface area contributed by atoms with Gasteiger partial charge < -0.3 is 9.84 Å². The zero-order valence-corrected chi connectivity index (χ0v) is 12.0. The molecule has 1 N–H and O–H groups in total. The van der Waals surface area contributed by atoms with Crippen molar-refractivity contribution in [3.63, 3.8) is 0 Å². The summed E-state index contributed by atoms with van der Waals surface area (Å²) in [5.74, 6) is 1.34. The van der Waals surface area contributed by atoms with Crippen molar-refractivity contribution in [1.82, 2.24) is 15.5 Å². The van der Waals surface area contributed by atoms with Crippen molar-refractivity contribution in [3.8, 4) is 11.4 Å². The molecule has 0 atom stereocenters. The number of nitrogens with one attached hydrogen (secondary N) is 1. The molecule has 0 aliphatic rings. The largest absolute Gasteiger partial charge is 0.339 e. The Morgan fingerprint density at radius 3 is 2.74 bits per heavy atom.